The van der Waals surface area contributed by atoms with Crippen LogP contribution in [-0.2, 0) is 23.0 Å². The third-order valence-electron chi connectivity index (χ3n) is 3.51. The highest BCUT2D eigenvalue weighted by Gasteiger charge is 2.22. The Hall–Kier alpha value is -1.86. The summed E-state index contributed by atoms with van der Waals surface area (Å²) in [5.74, 6) is 0.698. The van der Waals surface area contributed by atoms with Gasteiger partial charge < -0.3 is 4.90 Å². The van der Waals surface area contributed by atoms with E-state index in [4.69, 9.17) is 11.6 Å². The highest BCUT2D eigenvalue weighted by Crippen LogP contribution is 2.31. The van der Waals surface area contributed by atoms with Gasteiger partial charge in [-0.05, 0) is 23.6 Å². The first-order valence-electron chi connectivity index (χ1n) is 6.73. The van der Waals surface area contributed by atoms with Crippen LogP contribution in [0.25, 0.3) is 0 Å². The van der Waals surface area contributed by atoms with E-state index >= 15 is 0 Å². The molecule has 0 saturated carbocycles. The number of hydrogen-bond acceptors (Lipinski definition) is 5. The van der Waals surface area contributed by atoms with E-state index in [9.17, 15) is 8.42 Å². The van der Waals surface area contributed by atoms with Crippen LogP contribution in [0.5, 0.6) is 0 Å². The summed E-state index contributed by atoms with van der Waals surface area (Å²) in [7, 11) is -3.29. The fourth-order valence-corrected chi connectivity index (χ4v) is 3.44. The van der Waals surface area contributed by atoms with Crippen molar-refractivity contribution in [1.29, 1.82) is 0 Å². The van der Waals surface area contributed by atoms with E-state index < -0.39 is 10.0 Å². The lowest BCUT2D eigenvalue weighted by Gasteiger charge is -2.31. The molecule has 0 radical (unpaired) electrons. The molecule has 3 rings (SSSR count). The predicted molar refractivity (Wildman–Crippen MR) is 86.7 cm³/mol. The second-order valence-electron chi connectivity index (χ2n) is 5.18. The molecule has 0 spiro atoms. The molecule has 1 aromatic heterocycles. The van der Waals surface area contributed by atoms with E-state index in [1.54, 1.807) is 12.3 Å². The molecule has 0 aliphatic carbocycles. The van der Waals surface area contributed by atoms with Crippen LogP contribution in [-0.4, -0.2) is 31.2 Å². The van der Waals surface area contributed by atoms with E-state index in [2.05, 4.69) is 19.6 Å². The molecule has 0 amide bonds. The summed E-state index contributed by atoms with van der Waals surface area (Å²) in [4.78, 5) is 10.2. The number of anilines is 2. The summed E-state index contributed by atoms with van der Waals surface area (Å²) in [6, 6.07) is 5.62. The topological polar surface area (TPSA) is 75.2 Å². The number of fused-ring (bicyclic) bond motifs is 1. The van der Waals surface area contributed by atoms with Gasteiger partial charge >= 0.3 is 0 Å². The third kappa shape index (κ3) is 3.15. The average Bonchev–Trinajstić information content (AvgIpc) is 2.46. The number of hydrogen-bond donors (Lipinski definition) is 1. The Bertz CT molecular complexity index is 810. The molecule has 0 unspecified atom stereocenters. The van der Waals surface area contributed by atoms with Gasteiger partial charge in [0, 0.05) is 13.1 Å². The molecule has 0 bridgehead atoms. The van der Waals surface area contributed by atoms with Gasteiger partial charge in [0.25, 0.3) is 0 Å². The number of aromatic nitrogens is 2. The zero-order valence-corrected chi connectivity index (χ0v) is 13.5. The van der Waals surface area contributed by atoms with Gasteiger partial charge in [-0.1, -0.05) is 23.7 Å². The van der Waals surface area contributed by atoms with Crippen molar-refractivity contribution in [3.05, 3.63) is 46.9 Å². The van der Waals surface area contributed by atoms with Crippen molar-refractivity contribution in [2.45, 2.75) is 13.0 Å². The summed E-state index contributed by atoms with van der Waals surface area (Å²) in [6.07, 6.45) is 4.91. The van der Waals surface area contributed by atoms with Crippen molar-refractivity contribution in [1.82, 2.24) is 9.97 Å². The first-order chi connectivity index (χ1) is 10.4. The van der Waals surface area contributed by atoms with Gasteiger partial charge in [-0.25, -0.2) is 18.4 Å². The number of benzene rings is 1. The molecule has 1 aromatic carbocycles. The Morgan fingerprint density at radius 3 is 2.91 bits per heavy atom. The lowest BCUT2D eigenvalue weighted by Crippen LogP contribution is -2.32. The maximum absolute atomic E-state index is 11.5. The molecule has 2 heterocycles. The zero-order chi connectivity index (χ0) is 15.7. The quantitative estimate of drug-likeness (QED) is 0.927. The Labute approximate surface area is 134 Å². The molecule has 1 aliphatic heterocycles. The molecule has 2 aromatic rings. The molecule has 8 heteroatoms. The first kappa shape index (κ1) is 15.1. The minimum Gasteiger partial charge on any atom is -0.351 e. The van der Waals surface area contributed by atoms with Crippen molar-refractivity contribution >= 4 is 33.1 Å². The zero-order valence-electron chi connectivity index (χ0n) is 12.0. The summed E-state index contributed by atoms with van der Waals surface area (Å²) >= 11 is 6.14. The van der Waals surface area contributed by atoms with Gasteiger partial charge in [-0.3, -0.25) is 4.72 Å². The maximum atomic E-state index is 11.5. The highest BCUT2D eigenvalue weighted by molar-refractivity contribution is 7.92. The second kappa shape index (κ2) is 5.73. The Kier molecular flexibility index (Phi) is 3.92. The lowest BCUT2D eigenvalue weighted by atomic mass is 9.98. The van der Waals surface area contributed by atoms with Gasteiger partial charge in [0.1, 0.15) is 11.3 Å². The van der Waals surface area contributed by atoms with Crippen molar-refractivity contribution < 1.29 is 8.42 Å². The molecule has 6 nitrogen and oxygen atoms in total. The van der Waals surface area contributed by atoms with Gasteiger partial charge in [0.2, 0.25) is 10.0 Å². The summed E-state index contributed by atoms with van der Waals surface area (Å²) in [6.45, 7) is 1.34. The van der Waals surface area contributed by atoms with Gasteiger partial charge in [0.05, 0.1) is 18.1 Å². The second-order valence-corrected chi connectivity index (χ2v) is 7.34. The van der Waals surface area contributed by atoms with E-state index in [1.165, 1.54) is 6.33 Å². The van der Waals surface area contributed by atoms with Crippen LogP contribution in [0.2, 0.25) is 5.02 Å². The van der Waals surface area contributed by atoms with Crippen LogP contribution >= 0.6 is 11.6 Å². The number of halogens is 1. The molecule has 0 atom stereocenters. The Balaban J connectivity index is 1.92. The highest BCUT2D eigenvalue weighted by atomic mass is 35.5. The molecular weight excluding hydrogens is 324 g/mol. The molecule has 22 heavy (non-hydrogen) atoms. The van der Waals surface area contributed by atoms with Crippen molar-refractivity contribution in [3.63, 3.8) is 0 Å². The van der Waals surface area contributed by atoms with E-state index in [1.807, 2.05) is 12.1 Å². The number of rotatable bonds is 3. The monoisotopic (exact) mass is 338 g/mol. The van der Waals surface area contributed by atoms with Crippen LogP contribution in [0, 0.1) is 0 Å². The minimum absolute atomic E-state index is 0.511. The van der Waals surface area contributed by atoms with Crippen molar-refractivity contribution in [3.8, 4) is 0 Å². The van der Waals surface area contributed by atoms with Crippen LogP contribution in [0.15, 0.2) is 30.7 Å². The fraction of sp³-hybridized carbons (Fsp3) is 0.286. The minimum atomic E-state index is -3.29. The summed E-state index contributed by atoms with van der Waals surface area (Å²) in [5.41, 5.74) is 2.73. The van der Waals surface area contributed by atoms with Crippen LogP contribution < -0.4 is 9.62 Å². The average molecular weight is 339 g/mol. The molecule has 1 aliphatic rings. The molecule has 116 valence electrons. The molecule has 0 fully saturated rings. The normalized spacial score (nSPS) is 14.5. The standard InChI is InChI=1S/C14H15ClN4O2S/c1-22(20,21)18-13-4-2-3-10-8-19(6-5-11(10)13)14-12(15)7-16-9-17-14/h2-4,7,9,18H,5-6,8H2,1H3. The SMILES string of the molecule is CS(=O)(=O)Nc1cccc2c1CCN(c1ncncc1Cl)C2. The van der Waals surface area contributed by atoms with E-state index in [0.29, 0.717) is 36.0 Å². The smallest absolute Gasteiger partial charge is 0.229 e. The number of sulfonamides is 1. The molecule has 1 N–H and O–H groups in total. The van der Waals surface area contributed by atoms with Crippen LogP contribution in [0.3, 0.4) is 0 Å². The van der Waals surface area contributed by atoms with E-state index in [0.717, 1.165) is 17.4 Å². The first-order valence-corrected chi connectivity index (χ1v) is 9.00. The molecular formula is C14H15ClN4O2S. The van der Waals surface area contributed by atoms with E-state index in [-0.39, 0.29) is 0 Å². The number of nitrogens with zero attached hydrogens (tertiary/aromatic N) is 3. The number of nitrogens with one attached hydrogen (secondary N) is 1. The fourth-order valence-electron chi connectivity index (χ4n) is 2.62. The van der Waals surface area contributed by atoms with Gasteiger partial charge in [0.15, 0.2) is 5.82 Å². The molecule has 0 saturated heterocycles. The summed E-state index contributed by atoms with van der Waals surface area (Å²) < 4.78 is 25.5. The Morgan fingerprint density at radius 1 is 1.36 bits per heavy atom. The third-order valence-corrected chi connectivity index (χ3v) is 4.37. The largest absolute Gasteiger partial charge is 0.351 e. The summed E-state index contributed by atoms with van der Waals surface area (Å²) in [5, 5.41) is 0.511. The van der Waals surface area contributed by atoms with Crippen molar-refractivity contribution in [2.75, 3.05) is 22.4 Å². The van der Waals surface area contributed by atoms with Crippen molar-refractivity contribution in [2.24, 2.45) is 0 Å². The van der Waals surface area contributed by atoms with Gasteiger partial charge in [-0.15, -0.1) is 0 Å². The van der Waals surface area contributed by atoms with Crippen LogP contribution in [0.1, 0.15) is 11.1 Å². The van der Waals surface area contributed by atoms with Crippen LogP contribution in [0.4, 0.5) is 11.5 Å². The Morgan fingerprint density at radius 2 is 2.18 bits per heavy atom. The maximum Gasteiger partial charge on any atom is 0.229 e. The lowest BCUT2D eigenvalue weighted by molar-refractivity contribution is 0.606. The predicted octanol–water partition coefficient (Wildman–Crippen LogP) is 2.06. The van der Waals surface area contributed by atoms with Gasteiger partial charge in [-0.2, -0.15) is 0 Å².